The van der Waals surface area contributed by atoms with Crippen LogP contribution in [0.15, 0.2) is 48.7 Å². The fraction of sp³-hybridized carbons (Fsp3) is 0.111. The second-order valence-corrected chi connectivity index (χ2v) is 5.75. The molecule has 23 heavy (non-hydrogen) atoms. The number of hydrogen-bond donors (Lipinski definition) is 1. The molecular formula is C18H16N4O. The minimum atomic E-state index is -0.0853. The van der Waals surface area contributed by atoms with Crippen LogP contribution in [0.25, 0.3) is 21.9 Å². The van der Waals surface area contributed by atoms with E-state index in [9.17, 15) is 4.79 Å². The van der Waals surface area contributed by atoms with Crippen LogP contribution >= 0.6 is 0 Å². The van der Waals surface area contributed by atoms with Gasteiger partial charge in [0.1, 0.15) is 5.82 Å². The number of nitrogen functional groups attached to an aromatic ring is 1. The third-order valence-electron chi connectivity index (χ3n) is 4.18. The summed E-state index contributed by atoms with van der Waals surface area (Å²) in [5, 5.41) is 1.11. The molecule has 5 heteroatoms. The Hall–Kier alpha value is -3.08. The number of imidazole rings is 1. The van der Waals surface area contributed by atoms with Crippen LogP contribution in [0.1, 0.15) is 16.2 Å². The summed E-state index contributed by atoms with van der Waals surface area (Å²) >= 11 is 0. The molecule has 4 rings (SSSR count). The van der Waals surface area contributed by atoms with Gasteiger partial charge in [-0.05, 0) is 48.7 Å². The van der Waals surface area contributed by atoms with Crippen molar-refractivity contribution in [3.63, 3.8) is 0 Å². The van der Waals surface area contributed by atoms with Crippen molar-refractivity contribution in [1.82, 2.24) is 14.1 Å². The molecule has 0 amide bonds. The fourth-order valence-electron chi connectivity index (χ4n) is 3.00. The Balaban J connectivity index is 1.90. The Morgan fingerprint density at radius 3 is 2.74 bits per heavy atom. The summed E-state index contributed by atoms with van der Waals surface area (Å²) in [6.07, 6.45) is 1.99. The lowest BCUT2D eigenvalue weighted by Gasteiger charge is -2.07. The second kappa shape index (κ2) is 4.71. The van der Waals surface area contributed by atoms with Gasteiger partial charge in [-0.2, -0.15) is 0 Å². The van der Waals surface area contributed by atoms with E-state index in [4.69, 9.17) is 5.73 Å². The molecule has 5 nitrogen and oxygen atoms in total. The third-order valence-corrected chi connectivity index (χ3v) is 4.18. The minimum absolute atomic E-state index is 0.0853. The highest BCUT2D eigenvalue weighted by Crippen LogP contribution is 2.22. The van der Waals surface area contributed by atoms with E-state index in [0.717, 1.165) is 21.9 Å². The largest absolute Gasteiger partial charge is 0.399 e. The SMILES string of the molecule is Cc1nc2cc(N)ccc2n1C(=O)c1ccc2ccn(C)c2c1. The smallest absolute Gasteiger partial charge is 0.263 e. The van der Waals surface area contributed by atoms with Crippen LogP contribution in [0, 0.1) is 6.92 Å². The van der Waals surface area contributed by atoms with Crippen molar-refractivity contribution in [1.29, 1.82) is 0 Å². The van der Waals surface area contributed by atoms with E-state index >= 15 is 0 Å². The zero-order valence-electron chi connectivity index (χ0n) is 12.9. The van der Waals surface area contributed by atoms with Gasteiger partial charge in [-0.1, -0.05) is 6.07 Å². The van der Waals surface area contributed by atoms with Crippen LogP contribution in [0.5, 0.6) is 0 Å². The van der Waals surface area contributed by atoms with Gasteiger partial charge in [0.2, 0.25) is 0 Å². The number of anilines is 1. The van der Waals surface area contributed by atoms with Crippen LogP contribution in [-0.2, 0) is 7.05 Å². The maximum absolute atomic E-state index is 13.0. The maximum atomic E-state index is 13.0. The number of fused-ring (bicyclic) bond motifs is 2. The lowest BCUT2D eigenvalue weighted by Crippen LogP contribution is -2.13. The van der Waals surface area contributed by atoms with E-state index < -0.39 is 0 Å². The van der Waals surface area contributed by atoms with E-state index in [2.05, 4.69) is 4.98 Å². The Kier molecular flexibility index (Phi) is 2.78. The number of carbonyl (C=O) groups excluding carboxylic acids is 1. The molecule has 2 aromatic heterocycles. The molecule has 0 aliphatic carbocycles. The zero-order valence-corrected chi connectivity index (χ0v) is 12.9. The maximum Gasteiger partial charge on any atom is 0.263 e. The molecule has 0 saturated carbocycles. The average molecular weight is 304 g/mol. The van der Waals surface area contributed by atoms with Crippen molar-refractivity contribution >= 4 is 33.5 Å². The Bertz CT molecular complexity index is 1070. The van der Waals surface area contributed by atoms with Gasteiger partial charge in [-0.15, -0.1) is 0 Å². The summed E-state index contributed by atoms with van der Waals surface area (Å²) in [7, 11) is 1.97. The van der Waals surface area contributed by atoms with Crippen molar-refractivity contribution in [2.45, 2.75) is 6.92 Å². The third kappa shape index (κ3) is 2.01. The number of rotatable bonds is 1. The highest BCUT2D eigenvalue weighted by atomic mass is 16.2. The summed E-state index contributed by atoms with van der Waals surface area (Å²) in [6.45, 7) is 1.83. The molecule has 0 atom stereocenters. The van der Waals surface area contributed by atoms with Crippen molar-refractivity contribution in [3.8, 4) is 0 Å². The van der Waals surface area contributed by atoms with E-state index in [-0.39, 0.29) is 5.91 Å². The van der Waals surface area contributed by atoms with Gasteiger partial charge in [-0.25, -0.2) is 4.98 Å². The lowest BCUT2D eigenvalue weighted by atomic mass is 10.1. The molecule has 2 N–H and O–H groups in total. The van der Waals surface area contributed by atoms with Crippen molar-refractivity contribution in [2.24, 2.45) is 7.05 Å². The predicted octanol–water partition coefficient (Wildman–Crippen LogP) is 3.11. The lowest BCUT2D eigenvalue weighted by molar-refractivity contribution is 0.0962. The number of aryl methyl sites for hydroxylation is 2. The van der Waals surface area contributed by atoms with Crippen molar-refractivity contribution < 1.29 is 4.79 Å². The summed E-state index contributed by atoms with van der Waals surface area (Å²) in [6, 6.07) is 13.2. The average Bonchev–Trinajstić information content (AvgIpc) is 3.05. The van der Waals surface area contributed by atoms with Gasteiger partial charge in [-0.3, -0.25) is 9.36 Å². The molecule has 114 valence electrons. The summed E-state index contributed by atoms with van der Waals surface area (Å²) in [4.78, 5) is 17.4. The molecule has 0 unspecified atom stereocenters. The standard InChI is InChI=1S/C18H16N4O/c1-11-20-15-10-14(19)5-6-16(15)22(11)18(23)13-4-3-12-7-8-21(2)17(12)9-13/h3-10H,19H2,1-2H3. The van der Waals surface area contributed by atoms with Gasteiger partial charge in [0.15, 0.2) is 0 Å². The molecule has 0 aliphatic heterocycles. The summed E-state index contributed by atoms with van der Waals surface area (Å²) < 4.78 is 3.64. The molecule has 0 fully saturated rings. The van der Waals surface area contributed by atoms with Crippen molar-refractivity contribution in [2.75, 3.05) is 5.73 Å². The monoisotopic (exact) mass is 304 g/mol. The highest BCUT2D eigenvalue weighted by Gasteiger charge is 2.16. The van der Waals surface area contributed by atoms with Gasteiger partial charge in [0.25, 0.3) is 5.91 Å². The first-order valence-corrected chi connectivity index (χ1v) is 7.39. The molecule has 0 radical (unpaired) electrons. The normalized spacial score (nSPS) is 11.4. The number of benzene rings is 2. The number of carbonyl (C=O) groups is 1. The molecule has 2 aromatic carbocycles. The van der Waals surface area contributed by atoms with Gasteiger partial charge in [0, 0.05) is 30.0 Å². The molecule has 2 heterocycles. The number of nitrogens with zero attached hydrogens (tertiary/aromatic N) is 3. The van der Waals surface area contributed by atoms with E-state index in [1.54, 1.807) is 16.7 Å². The fourth-order valence-corrected chi connectivity index (χ4v) is 3.00. The molecule has 4 aromatic rings. The first-order chi connectivity index (χ1) is 11.0. The number of hydrogen-bond acceptors (Lipinski definition) is 3. The van der Waals surface area contributed by atoms with Crippen LogP contribution in [-0.4, -0.2) is 20.0 Å². The zero-order chi connectivity index (χ0) is 16.1. The van der Waals surface area contributed by atoms with Crippen LogP contribution in [0.2, 0.25) is 0 Å². The van der Waals surface area contributed by atoms with Crippen molar-refractivity contribution in [3.05, 3.63) is 60.0 Å². The number of nitrogens with two attached hydrogens (primary N) is 1. The summed E-state index contributed by atoms with van der Waals surface area (Å²) in [5.74, 6) is 0.570. The predicted molar refractivity (Wildman–Crippen MR) is 91.5 cm³/mol. The Labute approximate surface area is 133 Å². The van der Waals surface area contributed by atoms with Gasteiger partial charge >= 0.3 is 0 Å². The topological polar surface area (TPSA) is 65.8 Å². The Morgan fingerprint density at radius 2 is 1.91 bits per heavy atom. The van der Waals surface area contributed by atoms with Gasteiger partial charge in [0.05, 0.1) is 11.0 Å². The molecular weight excluding hydrogens is 288 g/mol. The van der Waals surface area contributed by atoms with Crippen LogP contribution < -0.4 is 5.73 Å². The number of aromatic nitrogens is 3. The molecule has 0 bridgehead atoms. The highest BCUT2D eigenvalue weighted by molar-refractivity contribution is 6.04. The molecule has 0 saturated heterocycles. The van der Waals surface area contributed by atoms with Crippen LogP contribution in [0.4, 0.5) is 5.69 Å². The first-order valence-electron chi connectivity index (χ1n) is 7.39. The van der Waals surface area contributed by atoms with Crippen LogP contribution in [0.3, 0.4) is 0 Å². The first kappa shape index (κ1) is 13.6. The molecule has 0 aliphatic rings. The minimum Gasteiger partial charge on any atom is -0.399 e. The van der Waals surface area contributed by atoms with Gasteiger partial charge < -0.3 is 10.3 Å². The molecule has 0 spiro atoms. The van der Waals surface area contributed by atoms with E-state index in [1.807, 2.05) is 55.1 Å². The Morgan fingerprint density at radius 1 is 1.09 bits per heavy atom. The summed E-state index contributed by atoms with van der Waals surface area (Å²) in [5.41, 5.74) is 9.61. The quantitative estimate of drug-likeness (QED) is 0.549. The second-order valence-electron chi connectivity index (χ2n) is 5.75. The van der Waals surface area contributed by atoms with E-state index in [1.165, 1.54) is 0 Å². The van der Waals surface area contributed by atoms with E-state index in [0.29, 0.717) is 17.1 Å².